The quantitative estimate of drug-likeness (QED) is 0.441. The summed E-state index contributed by atoms with van der Waals surface area (Å²) in [6.45, 7) is 1.42. The second kappa shape index (κ2) is 9.03. The number of aliphatic carboxylic acids is 1. The molecular formula is C24H18ClN3O4. The first kappa shape index (κ1) is 21.3. The molecular weight excluding hydrogens is 430 g/mol. The van der Waals surface area contributed by atoms with E-state index in [4.69, 9.17) is 21.4 Å². The van der Waals surface area contributed by atoms with Gasteiger partial charge in [-0.1, -0.05) is 54.1 Å². The van der Waals surface area contributed by atoms with E-state index in [1.165, 1.54) is 17.8 Å². The maximum Gasteiger partial charge on any atom is 0.344 e. The first-order chi connectivity index (χ1) is 15.4. The Morgan fingerprint density at radius 1 is 1.12 bits per heavy atom. The van der Waals surface area contributed by atoms with Crippen molar-refractivity contribution in [2.24, 2.45) is 5.10 Å². The van der Waals surface area contributed by atoms with Crippen LogP contribution in [0.4, 0.5) is 0 Å². The minimum Gasteiger partial charge on any atom is -0.479 e. The van der Waals surface area contributed by atoms with Gasteiger partial charge in [0.15, 0.2) is 11.9 Å². The Balaban J connectivity index is 1.86. The molecule has 4 aromatic rings. The number of benzene rings is 3. The van der Waals surface area contributed by atoms with Crippen LogP contribution in [0.2, 0.25) is 5.02 Å². The highest BCUT2D eigenvalue weighted by molar-refractivity contribution is 6.30. The number of hydrogen-bond donors (Lipinski definition) is 1. The Hall–Kier alpha value is -3.97. The van der Waals surface area contributed by atoms with Crippen LogP contribution in [0.5, 0.6) is 5.75 Å². The fourth-order valence-electron chi connectivity index (χ4n) is 3.09. The molecule has 1 atom stereocenters. The van der Waals surface area contributed by atoms with Crippen LogP contribution in [0, 0.1) is 0 Å². The maximum absolute atomic E-state index is 13.2. The van der Waals surface area contributed by atoms with Crippen molar-refractivity contribution in [3.05, 3.63) is 93.7 Å². The van der Waals surface area contributed by atoms with Gasteiger partial charge in [0.1, 0.15) is 5.75 Å². The fraction of sp³-hybridized carbons (Fsp3) is 0.0833. The molecule has 0 aliphatic carbocycles. The summed E-state index contributed by atoms with van der Waals surface area (Å²) in [7, 11) is 0. The van der Waals surface area contributed by atoms with Crippen molar-refractivity contribution >= 4 is 34.7 Å². The summed E-state index contributed by atoms with van der Waals surface area (Å²) in [4.78, 5) is 29.1. The van der Waals surface area contributed by atoms with Gasteiger partial charge in [0.2, 0.25) is 0 Å². The molecule has 0 fully saturated rings. The van der Waals surface area contributed by atoms with Gasteiger partial charge in [-0.25, -0.2) is 9.78 Å². The number of aromatic nitrogens is 2. The molecule has 0 amide bonds. The zero-order chi connectivity index (χ0) is 22.7. The topological polar surface area (TPSA) is 93.8 Å². The van der Waals surface area contributed by atoms with E-state index in [0.29, 0.717) is 27.3 Å². The zero-order valence-corrected chi connectivity index (χ0v) is 17.7. The number of fused-ring (bicyclic) bond motifs is 1. The third kappa shape index (κ3) is 4.38. The number of carboxylic acid groups (broad SMARTS) is 1. The number of carbonyl (C=O) groups is 1. The van der Waals surface area contributed by atoms with Gasteiger partial charge in [0.05, 0.1) is 17.1 Å². The first-order valence-electron chi connectivity index (χ1n) is 9.74. The van der Waals surface area contributed by atoms with Gasteiger partial charge in [-0.05, 0) is 37.3 Å². The Kier molecular flexibility index (Phi) is 6.00. The lowest BCUT2D eigenvalue weighted by atomic mass is 10.2. The number of rotatable bonds is 6. The molecule has 0 aliphatic heterocycles. The highest BCUT2D eigenvalue weighted by Crippen LogP contribution is 2.23. The van der Waals surface area contributed by atoms with Crippen molar-refractivity contribution in [2.75, 3.05) is 0 Å². The van der Waals surface area contributed by atoms with Crippen LogP contribution in [0.25, 0.3) is 22.3 Å². The molecule has 32 heavy (non-hydrogen) atoms. The largest absolute Gasteiger partial charge is 0.479 e. The van der Waals surface area contributed by atoms with Crippen LogP contribution >= 0.6 is 11.6 Å². The van der Waals surface area contributed by atoms with Crippen LogP contribution in [-0.2, 0) is 4.79 Å². The lowest BCUT2D eigenvalue weighted by molar-refractivity contribution is -0.144. The molecule has 0 aliphatic rings. The van der Waals surface area contributed by atoms with Crippen molar-refractivity contribution in [2.45, 2.75) is 13.0 Å². The van der Waals surface area contributed by atoms with Gasteiger partial charge in [-0.15, -0.1) is 0 Å². The number of halogens is 1. The molecule has 0 radical (unpaired) electrons. The Bertz CT molecular complexity index is 1380. The Labute approximate surface area is 188 Å². The number of carboxylic acids is 1. The third-order valence-electron chi connectivity index (χ3n) is 4.72. The molecule has 160 valence electrons. The molecule has 7 nitrogen and oxygen atoms in total. The Morgan fingerprint density at radius 3 is 2.59 bits per heavy atom. The van der Waals surface area contributed by atoms with Crippen molar-refractivity contribution in [3.63, 3.8) is 0 Å². The average molecular weight is 448 g/mol. The van der Waals surface area contributed by atoms with Crippen molar-refractivity contribution in [3.8, 4) is 17.1 Å². The van der Waals surface area contributed by atoms with Gasteiger partial charge in [0, 0.05) is 16.1 Å². The normalized spacial score (nSPS) is 12.2. The van der Waals surface area contributed by atoms with Crippen molar-refractivity contribution < 1.29 is 14.6 Å². The molecule has 3 aromatic carbocycles. The van der Waals surface area contributed by atoms with E-state index >= 15 is 0 Å². The van der Waals surface area contributed by atoms with Gasteiger partial charge in [-0.2, -0.15) is 9.78 Å². The van der Waals surface area contributed by atoms with E-state index in [1.807, 2.05) is 36.4 Å². The van der Waals surface area contributed by atoms with E-state index < -0.39 is 12.1 Å². The number of nitrogens with zero attached hydrogens (tertiary/aromatic N) is 3. The summed E-state index contributed by atoms with van der Waals surface area (Å²) < 4.78 is 6.72. The SMILES string of the molecule is C[C@@H](Oc1ccc(Cl)cc1C=Nn1c(-c2ccccc2)nc2ccccc2c1=O)C(=O)O. The number of hydrogen-bond acceptors (Lipinski definition) is 5. The van der Waals surface area contributed by atoms with Crippen LogP contribution < -0.4 is 10.3 Å². The van der Waals surface area contributed by atoms with Gasteiger partial charge < -0.3 is 9.84 Å². The predicted molar refractivity (Wildman–Crippen MR) is 124 cm³/mol. The summed E-state index contributed by atoms with van der Waals surface area (Å²) in [6.07, 6.45) is 0.327. The van der Waals surface area contributed by atoms with Crippen LogP contribution in [0.3, 0.4) is 0 Å². The fourth-order valence-corrected chi connectivity index (χ4v) is 3.27. The van der Waals surface area contributed by atoms with Crippen molar-refractivity contribution in [1.82, 2.24) is 9.66 Å². The molecule has 8 heteroatoms. The second-order valence-electron chi connectivity index (χ2n) is 6.96. The minimum absolute atomic E-state index is 0.274. The van der Waals surface area contributed by atoms with E-state index in [-0.39, 0.29) is 11.3 Å². The summed E-state index contributed by atoms with van der Waals surface area (Å²) >= 11 is 6.12. The smallest absolute Gasteiger partial charge is 0.344 e. The Morgan fingerprint density at radius 2 is 1.84 bits per heavy atom. The lowest BCUT2D eigenvalue weighted by Crippen LogP contribution is -2.23. The van der Waals surface area contributed by atoms with Gasteiger partial charge in [0.25, 0.3) is 5.56 Å². The highest BCUT2D eigenvalue weighted by Gasteiger charge is 2.16. The van der Waals surface area contributed by atoms with Gasteiger partial charge >= 0.3 is 5.97 Å². The standard InChI is InChI=1S/C24H18ClN3O4/c1-15(24(30)31)32-21-12-11-18(25)13-17(21)14-26-28-22(16-7-3-2-4-8-16)27-20-10-6-5-9-19(20)23(28)29/h2-15H,1H3,(H,30,31)/t15-/m1/s1. The highest BCUT2D eigenvalue weighted by atomic mass is 35.5. The molecule has 1 N–H and O–H groups in total. The predicted octanol–water partition coefficient (Wildman–Crippen LogP) is 4.45. The lowest BCUT2D eigenvalue weighted by Gasteiger charge is -2.13. The summed E-state index contributed by atoms with van der Waals surface area (Å²) in [5.74, 6) is -0.464. The molecule has 1 aromatic heterocycles. The second-order valence-corrected chi connectivity index (χ2v) is 7.40. The van der Waals surface area contributed by atoms with Crippen molar-refractivity contribution in [1.29, 1.82) is 0 Å². The van der Waals surface area contributed by atoms with E-state index in [2.05, 4.69) is 10.1 Å². The molecule has 0 saturated heterocycles. The molecule has 0 bridgehead atoms. The van der Waals surface area contributed by atoms with E-state index in [1.54, 1.807) is 36.4 Å². The van der Waals surface area contributed by atoms with E-state index in [9.17, 15) is 9.59 Å². The maximum atomic E-state index is 13.2. The minimum atomic E-state index is -1.11. The molecule has 4 rings (SSSR count). The molecule has 0 saturated carbocycles. The summed E-state index contributed by atoms with van der Waals surface area (Å²) in [6, 6.07) is 21.0. The zero-order valence-electron chi connectivity index (χ0n) is 17.0. The van der Waals surface area contributed by atoms with E-state index in [0.717, 1.165) is 5.56 Å². The summed E-state index contributed by atoms with van der Waals surface area (Å²) in [5, 5.41) is 14.4. The number of ether oxygens (including phenoxy) is 1. The number of para-hydroxylation sites is 1. The molecule has 0 spiro atoms. The van der Waals surface area contributed by atoms with Crippen LogP contribution in [-0.4, -0.2) is 33.1 Å². The third-order valence-corrected chi connectivity index (χ3v) is 4.96. The van der Waals surface area contributed by atoms with Crippen LogP contribution in [0.1, 0.15) is 12.5 Å². The monoisotopic (exact) mass is 447 g/mol. The average Bonchev–Trinajstić information content (AvgIpc) is 2.80. The summed E-state index contributed by atoms with van der Waals surface area (Å²) in [5.41, 5.74) is 1.36. The first-order valence-corrected chi connectivity index (χ1v) is 10.1. The van der Waals surface area contributed by atoms with Gasteiger partial charge in [-0.3, -0.25) is 4.79 Å². The molecule has 1 heterocycles. The van der Waals surface area contributed by atoms with Crippen LogP contribution in [0.15, 0.2) is 82.7 Å². The molecule has 0 unspecified atom stereocenters.